The van der Waals surface area contributed by atoms with Gasteiger partial charge in [0.05, 0.1) is 18.9 Å². The van der Waals surface area contributed by atoms with Gasteiger partial charge in [-0.1, -0.05) is 17.7 Å². The lowest BCUT2D eigenvalue weighted by molar-refractivity contribution is 0.193. The van der Waals surface area contributed by atoms with Crippen molar-refractivity contribution in [1.82, 2.24) is 9.97 Å². The second-order valence-electron chi connectivity index (χ2n) is 5.94. The molecule has 2 aromatic rings. The summed E-state index contributed by atoms with van der Waals surface area (Å²) in [6.45, 7) is 3.07. The van der Waals surface area contributed by atoms with Crippen LogP contribution >= 0.6 is 11.6 Å². The van der Waals surface area contributed by atoms with Crippen molar-refractivity contribution in [3.63, 3.8) is 0 Å². The van der Waals surface area contributed by atoms with Gasteiger partial charge in [0, 0.05) is 37.2 Å². The Hall–Kier alpha value is -1.85. The molecule has 0 N–H and O–H groups in total. The lowest BCUT2D eigenvalue weighted by Crippen LogP contribution is -2.22. The fourth-order valence-electron chi connectivity index (χ4n) is 2.72. The largest absolute Gasteiger partial charge is 0.493 e. The molecule has 0 bridgehead atoms. The number of nitrogens with zero attached hydrogens (tertiary/aromatic N) is 3. The molecule has 6 heteroatoms. The molecule has 0 radical (unpaired) electrons. The van der Waals surface area contributed by atoms with Gasteiger partial charge in [-0.3, -0.25) is 0 Å². The summed E-state index contributed by atoms with van der Waals surface area (Å²) in [5.41, 5.74) is 1.07. The maximum Gasteiger partial charge on any atom is 0.131 e. The summed E-state index contributed by atoms with van der Waals surface area (Å²) < 4.78 is 11.2. The Morgan fingerprint density at radius 1 is 1.33 bits per heavy atom. The standard InChI is InChI=1S/C18H22ClN3O2/c1-22(7-3-8-24-16-5-2-4-15(19)10-16)18-11-17(20-13-21-18)14-6-9-23-12-14/h2,4-5,10-11,13-14H,3,6-9,12H2,1H3/t14-/m1/s1. The van der Waals surface area contributed by atoms with Crippen LogP contribution in [0.25, 0.3) is 0 Å². The van der Waals surface area contributed by atoms with E-state index in [4.69, 9.17) is 21.1 Å². The molecule has 0 aliphatic carbocycles. The predicted molar refractivity (Wildman–Crippen MR) is 95.0 cm³/mol. The van der Waals surface area contributed by atoms with E-state index >= 15 is 0 Å². The average Bonchev–Trinajstić information content (AvgIpc) is 3.13. The molecule has 1 aliphatic rings. The number of halogens is 1. The molecule has 3 rings (SSSR count). The first-order valence-corrected chi connectivity index (χ1v) is 8.59. The van der Waals surface area contributed by atoms with Crippen LogP contribution in [0.15, 0.2) is 36.7 Å². The highest BCUT2D eigenvalue weighted by atomic mass is 35.5. The molecule has 24 heavy (non-hydrogen) atoms. The fraction of sp³-hybridized carbons (Fsp3) is 0.444. The van der Waals surface area contributed by atoms with Crippen LogP contribution in [0.5, 0.6) is 5.75 Å². The Morgan fingerprint density at radius 3 is 3.04 bits per heavy atom. The van der Waals surface area contributed by atoms with E-state index in [-0.39, 0.29) is 0 Å². The van der Waals surface area contributed by atoms with Crippen LogP contribution in [-0.2, 0) is 4.74 Å². The molecule has 1 saturated heterocycles. The highest BCUT2D eigenvalue weighted by Gasteiger charge is 2.19. The summed E-state index contributed by atoms with van der Waals surface area (Å²) in [6.07, 6.45) is 3.57. The van der Waals surface area contributed by atoms with Crippen LogP contribution in [-0.4, -0.2) is 43.4 Å². The second kappa shape index (κ2) is 8.31. The molecule has 0 spiro atoms. The van der Waals surface area contributed by atoms with Gasteiger partial charge in [0.1, 0.15) is 17.9 Å². The van der Waals surface area contributed by atoms with Gasteiger partial charge in [0.2, 0.25) is 0 Å². The van der Waals surface area contributed by atoms with Crippen molar-refractivity contribution >= 4 is 17.4 Å². The third kappa shape index (κ3) is 4.58. The van der Waals surface area contributed by atoms with Gasteiger partial charge < -0.3 is 14.4 Å². The summed E-state index contributed by atoms with van der Waals surface area (Å²) in [5, 5.41) is 0.689. The van der Waals surface area contributed by atoms with Gasteiger partial charge in [-0.15, -0.1) is 0 Å². The maximum absolute atomic E-state index is 5.95. The fourth-order valence-corrected chi connectivity index (χ4v) is 2.90. The smallest absolute Gasteiger partial charge is 0.131 e. The Labute approximate surface area is 147 Å². The second-order valence-corrected chi connectivity index (χ2v) is 6.38. The van der Waals surface area contributed by atoms with E-state index in [1.165, 1.54) is 0 Å². The summed E-state index contributed by atoms with van der Waals surface area (Å²) in [7, 11) is 2.04. The molecule has 0 unspecified atom stereocenters. The quantitative estimate of drug-likeness (QED) is 0.717. The third-order valence-corrected chi connectivity index (χ3v) is 4.35. The normalized spacial score (nSPS) is 17.0. The van der Waals surface area contributed by atoms with E-state index in [1.54, 1.807) is 6.33 Å². The van der Waals surface area contributed by atoms with E-state index in [1.807, 2.05) is 31.3 Å². The highest BCUT2D eigenvalue weighted by Crippen LogP contribution is 2.25. The molecule has 128 valence electrons. The lowest BCUT2D eigenvalue weighted by atomic mass is 10.0. The molecule has 5 nitrogen and oxygen atoms in total. The number of anilines is 1. The summed E-state index contributed by atoms with van der Waals surface area (Å²) in [5.74, 6) is 2.14. The van der Waals surface area contributed by atoms with Crippen molar-refractivity contribution in [2.24, 2.45) is 0 Å². The Balaban J connectivity index is 1.48. The van der Waals surface area contributed by atoms with Crippen molar-refractivity contribution in [3.05, 3.63) is 47.4 Å². The van der Waals surface area contributed by atoms with Crippen molar-refractivity contribution in [1.29, 1.82) is 0 Å². The molecule has 1 atom stereocenters. The molecule has 0 amide bonds. The van der Waals surface area contributed by atoms with Crippen LogP contribution in [0.4, 0.5) is 5.82 Å². The van der Waals surface area contributed by atoms with Gasteiger partial charge in [0.25, 0.3) is 0 Å². The van der Waals surface area contributed by atoms with Crippen LogP contribution in [0.3, 0.4) is 0 Å². The maximum atomic E-state index is 5.95. The number of rotatable bonds is 7. The van der Waals surface area contributed by atoms with Crippen LogP contribution in [0.2, 0.25) is 5.02 Å². The Kier molecular flexibility index (Phi) is 5.88. The summed E-state index contributed by atoms with van der Waals surface area (Å²) in [6, 6.07) is 9.53. The zero-order chi connectivity index (χ0) is 16.8. The first-order valence-electron chi connectivity index (χ1n) is 8.21. The topological polar surface area (TPSA) is 47.5 Å². The molecular formula is C18H22ClN3O2. The highest BCUT2D eigenvalue weighted by molar-refractivity contribution is 6.30. The van der Waals surface area contributed by atoms with Crippen molar-refractivity contribution in [2.45, 2.75) is 18.8 Å². The van der Waals surface area contributed by atoms with Gasteiger partial charge in [-0.05, 0) is 31.0 Å². The number of aromatic nitrogens is 2. The van der Waals surface area contributed by atoms with E-state index < -0.39 is 0 Å². The van der Waals surface area contributed by atoms with E-state index in [2.05, 4.69) is 20.9 Å². The van der Waals surface area contributed by atoms with Crippen LogP contribution in [0, 0.1) is 0 Å². The van der Waals surface area contributed by atoms with Crippen molar-refractivity contribution in [3.8, 4) is 5.75 Å². The van der Waals surface area contributed by atoms with Gasteiger partial charge in [0.15, 0.2) is 0 Å². The lowest BCUT2D eigenvalue weighted by Gasteiger charge is -2.19. The molecule has 2 heterocycles. The van der Waals surface area contributed by atoms with Gasteiger partial charge in [-0.2, -0.15) is 0 Å². The van der Waals surface area contributed by atoms with Crippen LogP contribution < -0.4 is 9.64 Å². The number of ether oxygens (including phenoxy) is 2. The minimum Gasteiger partial charge on any atom is -0.493 e. The van der Waals surface area contributed by atoms with E-state index in [0.29, 0.717) is 17.5 Å². The average molecular weight is 348 g/mol. The Bertz CT molecular complexity index is 662. The van der Waals surface area contributed by atoms with Crippen molar-refractivity contribution in [2.75, 3.05) is 38.3 Å². The third-order valence-electron chi connectivity index (χ3n) is 4.12. The molecule has 0 saturated carbocycles. The SMILES string of the molecule is CN(CCCOc1cccc(Cl)c1)c1cc([C@@H]2CCOC2)ncn1. The molecule has 1 fully saturated rings. The number of benzene rings is 1. The predicted octanol–water partition coefficient (Wildman–Crippen LogP) is 3.54. The molecular weight excluding hydrogens is 326 g/mol. The van der Waals surface area contributed by atoms with E-state index in [9.17, 15) is 0 Å². The summed E-state index contributed by atoms with van der Waals surface area (Å²) in [4.78, 5) is 10.9. The van der Waals surface area contributed by atoms with Crippen molar-refractivity contribution < 1.29 is 9.47 Å². The molecule has 1 aromatic carbocycles. The first kappa shape index (κ1) is 17.0. The number of hydrogen-bond acceptors (Lipinski definition) is 5. The zero-order valence-corrected chi connectivity index (χ0v) is 14.6. The van der Waals surface area contributed by atoms with Gasteiger partial charge in [-0.25, -0.2) is 9.97 Å². The number of hydrogen-bond donors (Lipinski definition) is 0. The van der Waals surface area contributed by atoms with Gasteiger partial charge >= 0.3 is 0 Å². The monoisotopic (exact) mass is 347 g/mol. The minimum absolute atomic E-state index is 0.395. The molecule has 1 aliphatic heterocycles. The van der Waals surface area contributed by atoms with E-state index in [0.717, 1.165) is 49.9 Å². The first-order chi connectivity index (χ1) is 11.7. The minimum atomic E-state index is 0.395. The van der Waals surface area contributed by atoms with Crippen LogP contribution in [0.1, 0.15) is 24.5 Å². The zero-order valence-electron chi connectivity index (χ0n) is 13.8. The summed E-state index contributed by atoms with van der Waals surface area (Å²) >= 11 is 5.95. The Morgan fingerprint density at radius 2 is 2.25 bits per heavy atom. The molecule has 1 aromatic heterocycles.